The van der Waals surface area contributed by atoms with Gasteiger partial charge in [-0.05, 0) is 49.1 Å². The number of hydrogen-bond donors (Lipinski definition) is 3. The van der Waals surface area contributed by atoms with E-state index in [1.54, 1.807) is 18.5 Å². The van der Waals surface area contributed by atoms with Crippen LogP contribution in [0.15, 0.2) is 36.7 Å². The Kier molecular flexibility index (Phi) is 6.25. The van der Waals surface area contributed by atoms with E-state index in [4.69, 9.17) is 0 Å². The minimum atomic E-state index is -0.939. The summed E-state index contributed by atoms with van der Waals surface area (Å²) in [5.74, 6) is -1.60. The van der Waals surface area contributed by atoms with Gasteiger partial charge in [-0.3, -0.25) is 4.79 Å². The highest BCUT2D eigenvalue weighted by molar-refractivity contribution is 5.93. The van der Waals surface area contributed by atoms with Gasteiger partial charge < -0.3 is 15.6 Å². The Morgan fingerprint density at radius 3 is 2.74 bits per heavy atom. The number of aromatic nitrogens is 3. The third-order valence-corrected chi connectivity index (χ3v) is 5.55. The molecule has 0 bridgehead atoms. The first-order valence-electron chi connectivity index (χ1n) is 10.5. The molecule has 31 heavy (non-hydrogen) atoms. The van der Waals surface area contributed by atoms with Crippen LogP contribution in [0.4, 0.5) is 14.7 Å². The summed E-state index contributed by atoms with van der Waals surface area (Å²) < 4.78 is 26.4. The number of H-pyrrole nitrogens is 1. The second-order valence-corrected chi connectivity index (χ2v) is 7.94. The van der Waals surface area contributed by atoms with Crippen LogP contribution < -0.4 is 10.6 Å². The van der Waals surface area contributed by atoms with Gasteiger partial charge in [-0.25, -0.2) is 18.7 Å². The van der Waals surface area contributed by atoms with Gasteiger partial charge in [0.2, 0.25) is 5.95 Å². The van der Waals surface area contributed by atoms with Gasteiger partial charge in [0, 0.05) is 30.5 Å². The number of aryl methyl sites for hydroxylation is 1. The van der Waals surface area contributed by atoms with Gasteiger partial charge >= 0.3 is 0 Å². The highest BCUT2D eigenvalue weighted by atomic mass is 19.2. The Hall–Kier alpha value is -3.29. The molecule has 0 radical (unpaired) electrons. The van der Waals surface area contributed by atoms with Gasteiger partial charge in [0.25, 0.3) is 5.91 Å². The number of nitrogens with one attached hydrogen (secondary N) is 3. The lowest BCUT2D eigenvalue weighted by atomic mass is 9.96. The SMILES string of the molecule is Cc1cnc(NC2CCCCC2)nc1-c1c[nH]c(C(=O)NCc2ccc(F)c(F)c2)c1. The lowest BCUT2D eigenvalue weighted by Gasteiger charge is -2.22. The van der Waals surface area contributed by atoms with Gasteiger partial charge in [-0.1, -0.05) is 25.3 Å². The van der Waals surface area contributed by atoms with Crippen molar-refractivity contribution in [3.63, 3.8) is 0 Å². The molecule has 2 aromatic heterocycles. The maximum absolute atomic E-state index is 13.3. The minimum absolute atomic E-state index is 0.0897. The van der Waals surface area contributed by atoms with E-state index in [0.29, 0.717) is 23.2 Å². The van der Waals surface area contributed by atoms with Crippen LogP contribution in [0.2, 0.25) is 0 Å². The number of rotatable bonds is 6. The molecule has 0 unspecified atom stereocenters. The summed E-state index contributed by atoms with van der Waals surface area (Å²) in [7, 11) is 0. The molecule has 4 rings (SSSR count). The number of amides is 1. The molecule has 1 amide bonds. The Morgan fingerprint density at radius 2 is 1.97 bits per heavy atom. The van der Waals surface area contributed by atoms with Gasteiger partial charge in [0.05, 0.1) is 5.69 Å². The fourth-order valence-electron chi connectivity index (χ4n) is 3.82. The van der Waals surface area contributed by atoms with Crippen molar-refractivity contribution in [2.75, 3.05) is 5.32 Å². The third-order valence-electron chi connectivity index (χ3n) is 5.55. The van der Waals surface area contributed by atoms with Crippen LogP contribution in [0, 0.1) is 18.6 Å². The Morgan fingerprint density at radius 1 is 1.16 bits per heavy atom. The predicted octanol–water partition coefficient (Wildman–Crippen LogP) is 4.73. The van der Waals surface area contributed by atoms with Crippen LogP contribution in [0.5, 0.6) is 0 Å². The zero-order valence-electron chi connectivity index (χ0n) is 17.3. The van der Waals surface area contributed by atoms with Crippen molar-refractivity contribution in [1.82, 2.24) is 20.3 Å². The third kappa shape index (κ3) is 5.07. The lowest BCUT2D eigenvalue weighted by molar-refractivity contribution is 0.0946. The molecule has 1 saturated carbocycles. The van der Waals surface area contributed by atoms with Crippen LogP contribution in [0.1, 0.15) is 53.7 Å². The molecule has 0 spiro atoms. The first-order valence-corrected chi connectivity index (χ1v) is 10.5. The van der Waals surface area contributed by atoms with Gasteiger partial charge in [-0.15, -0.1) is 0 Å². The molecule has 1 fully saturated rings. The molecule has 0 saturated heterocycles. The summed E-state index contributed by atoms with van der Waals surface area (Å²) in [6.07, 6.45) is 9.48. The largest absolute Gasteiger partial charge is 0.357 e. The zero-order valence-corrected chi connectivity index (χ0v) is 17.3. The monoisotopic (exact) mass is 425 g/mol. The molecule has 2 heterocycles. The van der Waals surface area contributed by atoms with Crippen molar-refractivity contribution in [3.05, 3.63) is 65.1 Å². The van der Waals surface area contributed by atoms with Crippen molar-refractivity contribution in [1.29, 1.82) is 0 Å². The lowest BCUT2D eigenvalue weighted by Crippen LogP contribution is -2.23. The van der Waals surface area contributed by atoms with Crippen molar-refractivity contribution < 1.29 is 13.6 Å². The van der Waals surface area contributed by atoms with Crippen molar-refractivity contribution >= 4 is 11.9 Å². The average Bonchev–Trinajstić information content (AvgIpc) is 3.26. The summed E-state index contributed by atoms with van der Waals surface area (Å²) >= 11 is 0. The van der Waals surface area contributed by atoms with Crippen LogP contribution >= 0.6 is 0 Å². The molecule has 3 aromatic rings. The molecular weight excluding hydrogens is 400 g/mol. The van der Waals surface area contributed by atoms with E-state index >= 15 is 0 Å². The molecule has 0 aliphatic heterocycles. The highest BCUT2D eigenvalue weighted by Gasteiger charge is 2.16. The molecule has 6 nitrogen and oxygen atoms in total. The summed E-state index contributed by atoms with van der Waals surface area (Å²) in [6, 6.07) is 5.67. The highest BCUT2D eigenvalue weighted by Crippen LogP contribution is 2.25. The predicted molar refractivity (Wildman–Crippen MR) is 115 cm³/mol. The maximum atomic E-state index is 13.3. The minimum Gasteiger partial charge on any atom is -0.357 e. The van der Waals surface area contributed by atoms with E-state index in [1.165, 1.54) is 25.3 Å². The second-order valence-electron chi connectivity index (χ2n) is 7.94. The van der Waals surface area contributed by atoms with Crippen molar-refractivity contribution in [2.24, 2.45) is 0 Å². The maximum Gasteiger partial charge on any atom is 0.267 e. The number of carbonyl (C=O) groups excluding carboxylic acids is 1. The smallest absolute Gasteiger partial charge is 0.267 e. The standard InChI is InChI=1S/C23H25F2N5O/c1-14-11-28-23(29-17-5-3-2-4-6-17)30-21(14)16-10-20(26-13-16)22(31)27-12-15-7-8-18(24)19(25)9-15/h7-11,13,17,26H,2-6,12H2,1H3,(H,27,31)(H,28,29,30). The molecule has 1 aromatic carbocycles. The number of hydrogen-bond acceptors (Lipinski definition) is 4. The number of benzene rings is 1. The van der Waals surface area contributed by atoms with Crippen molar-refractivity contribution in [2.45, 2.75) is 51.6 Å². The molecule has 8 heteroatoms. The second kappa shape index (κ2) is 9.24. The molecule has 1 aliphatic carbocycles. The van der Waals surface area contributed by atoms with Crippen LogP contribution in [0.25, 0.3) is 11.3 Å². The molecule has 3 N–H and O–H groups in total. The average molecular weight is 425 g/mol. The van der Waals surface area contributed by atoms with E-state index < -0.39 is 11.6 Å². The van der Waals surface area contributed by atoms with E-state index in [2.05, 4.69) is 25.6 Å². The normalized spacial score (nSPS) is 14.4. The molecular formula is C23H25F2N5O. The van der Waals surface area contributed by atoms with E-state index in [9.17, 15) is 13.6 Å². The number of nitrogens with zero attached hydrogens (tertiary/aromatic N) is 2. The first-order chi connectivity index (χ1) is 15.0. The van der Waals surface area contributed by atoms with E-state index in [0.717, 1.165) is 41.8 Å². The number of anilines is 1. The fourth-order valence-corrected chi connectivity index (χ4v) is 3.82. The van der Waals surface area contributed by atoms with Gasteiger partial charge in [0.1, 0.15) is 5.69 Å². The van der Waals surface area contributed by atoms with Gasteiger partial charge in [-0.2, -0.15) is 0 Å². The topological polar surface area (TPSA) is 82.7 Å². The first kappa shape index (κ1) is 21.0. The summed E-state index contributed by atoms with van der Waals surface area (Å²) in [5.41, 5.74) is 3.28. The summed E-state index contributed by atoms with van der Waals surface area (Å²) in [5, 5.41) is 6.13. The molecule has 162 valence electrons. The number of aromatic amines is 1. The Balaban J connectivity index is 1.44. The van der Waals surface area contributed by atoms with Gasteiger partial charge in [0.15, 0.2) is 11.6 Å². The quantitative estimate of drug-likeness (QED) is 0.533. The fraction of sp³-hybridized carbons (Fsp3) is 0.348. The number of halogens is 2. The van der Waals surface area contributed by atoms with Crippen LogP contribution in [-0.4, -0.2) is 26.9 Å². The van der Waals surface area contributed by atoms with E-state index in [-0.39, 0.29) is 12.5 Å². The molecule has 1 aliphatic rings. The number of carbonyl (C=O) groups is 1. The molecule has 0 atom stereocenters. The van der Waals surface area contributed by atoms with Crippen molar-refractivity contribution in [3.8, 4) is 11.3 Å². The Bertz CT molecular complexity index is 1080. The van der Waals surface area contributed by atoms with Crippen LogP contribution in [-0.2, 0) is 6.54 Å². The van der Waals surface area contributed by atoms with E-state index in [1.807, 2.05) is 6.92 Å². The summed E-state index contributed by atoms with van der Waals surface area (Å²) in [4.78, 5) is 24.5. The Labute approximate surface area is 179 Å². The van der Waals surface area contributed by atoms with Crippen LogP contribution in [0.3, 0.4) is 0 Å². The zero-order chi connectivity index (χ0) is 21.8. The summed E-state index contributed by atoms with van der Waals surface area (Å²) in [6.45, 7) is 2.02.